The maximum absolute atomic E-state index is 6.00. The third-order valence-electron chi connectivity index (χ3n) is 2.98. The van der Waals surface area contributed by atoms with Gasteiger partial charge in [0.1, 0.15) is 0 Å². The SMILES string of the molecule is C=NN(/C=C(\N)CCCCCC)CCCC(C)C. The maximum atomic E-state index is 6.00. The fourth-order valence-corrected chi connectivity index (χ4v) is 1.85. The van der Waals surface area contributed by atoms with E-state index in [4.69, 9.17) is 5.73 Å². The molecule has 106 valence electrons. The predicted molar refractivity (Wildman–Crippen MR) is 81.4 cm³/mol. The van der Waals surface area contributed by atoms with Crippen molar-refractivity contribution in [2.45, 2.75) is 65.7 Å². The van der Waals surface area contributed by atoms with E-state index in [0.29, 0.717) is 0 Å². The zero-order chi connectivity index (χ0) is 13.8. The number of hydrogen-bond acceptors (Lipinski definition) is 3. The highest BCUT2D eigenvalue weighted by Crippen LogP contribution is 2.09. The molecule has 3 nitrogen and oxygen atoms in total. The van der Waals surface area contributed by atoms with Gasteiger partial charge < -0.3 is 5.73 Å². The molecule has 0 atom stereocenters. The molecule has 0 amide bonds. The summed E-state index contributed by atoms with van der Waals surface area (Å²) in [5, 5.41) is 5.87. The molecule has 0 saturated carbocycles. The van der Waals surface area contributed by atoms with Gasteiger partial charge >= 0.3 is 0 Å². The molecule has 0 aliphatic rings. The molecule has 0 radical (unpaired) electrons. The quantitative estimate of drug-likeness (QED) is 0.342. The van der Waals surface area contributed by atoms with E-state index in [0.717, 1.165) is 31.0 Å². The van der Waals surface area contributed by atoms with E-state index in [2.05, 4.69) is 32.6 Å². The molecule has 0 aromatic rings. The lowest BCUT2D eigenvalue weighted by molar-refractivity contribution is 0.369. The van der Waals surface area contributed by atoms with Crippen LogP contribution < -0.4 is 5.73 Å². The standard InChI is InChI=1S/C15H31N3/c1-5-6-7-8-11-15(16)13-18(17-4)12-9-10-14(2)3/h13-14H,4-12,16H2,1-3H3/b15-13-. The number of nitrogens with two attached hydrogens (primary N) is 1. The number of allylic oxidation sites excluding steroid dienone is 1. The Kier molecular flexibility index (Phi) is 10.5. The van der Waals surface area contributed by atoms with Crippen molar-refractivity contribution < 1.29 is 0 Å². The van der Waals surface area contributed by atoms with Crippen LogP contribution in [0.1, 0.15) is 65.7 Å². The summed E-state index contributed by atoms with van der Waals surface area (Å²) in [6.07, 6.45) is 10.3. The smallest absolute Gasteiger partial charge is 0.0419 e. The number of unbranched alkanes of at least 4 members (excludes halogenated alkanes) is 3. The van der Waals surface area contributed by atoms with Gasteiger partial charge in [-0.2, -0.15) is 5.10 Å². The van der Waals surface area contributed by atoms with Crippen LogP contribution in [0, 0.1) is 5.92 Å². The molecular weight excluding hydrogens is 222 g/mol. The van der Waals surface area contributed by atoms with Crippen LogP contribution in [0.25, 0.3) is 0 Å². The monoisotopic (exact) mass is 253 g/mol. The molecule has 0 unspecified atom stereocenters. The molecule has 0 aromatic heterocycles. The topological polar surface area (TPSA) is 41.6 Å². The highest BCUT2D eigenvalue weighted by atomic mass is 15.4. The van der Waals surface area contributed by atoms with Gasteiger partial charge in [0, 0.05) is 25.2 Å². The number of nitrogens with zero attached hydrogens (tertiary/aromatic N) is 2. The summed E-state index contributed by atoms with van der Waals surface area (Å²) in [4.78, 5) is 0. The van der Waals surface area contributed by atoms with E-state index >= 15 is 0 Å². The van der Waals surface area contributed by atoms with E-state index in [9.17, 15) is 0 Å². The molecule has 0 saturated heterocycles. The third kappa shape index (κ3) is 10.2. The van der Waals surface area contributed by atoms with Crippen molar-refractivity contribution in [2.24, 2.45) is 16.8 Å². The van der Waals surface area contributed by atoms with Crippen LogP contribution >= 0.6 is 0 Å². The third-order valence-corrected chi connectivity index (χ3v) is 2.98. The van der Waals surface area contributed by atoms with E-state index in [1.807, 2.05) is 11.2 Å². The summed E-state index contributed by atoms with van der Waals surface area (Å²) < 4.78 is 0. The van der Waals surface area contributed by atoms with Gasteiger partial charge in [0.25, 0.3) is 0 Å². The van der Waals surface area contributed by atoms with Gasteiger partial charge in [0.15, 0.2) is 0 Å². The minimum atomic E-state index is 0.743. The van der Waals surface area contributed by atoms with E-state index in [1.54, 1.807) is 0 Å². The summed E-state index contributed by atoms with van der Waals surface area (Å²) in [6, 6.07) is 0. The number of rotatable bonds is 11. The van der Waals surface area contributed by atoms with Crippen molar-refractivity contribution in [1.82, 2.24) is 5.01 Å². The van der Waals surface area contributed by atoms with Crippen molar-refractivity contribution in [3.63, 3.8) is 0 Å². The summed E-state index contributed by atoms with van der Waals surface area (Å²) in [6.45, 7) is 11.2. The molecule has 3 heteroatoms. The molecule has 2 N–H and O–H groups in total. The van der Waals surface area contributed by atoms with Crippen LogP contribution in [0.4, 0.5) is 0 Å². The lowest BCUT2D eigenvalue weighted by Crippen LogP contribution is -2.14. The first kappa shape index (κ1) is 17.0. The van der Waals surface area contributed by atoms with Crippen LogP contribution in [0.3, 0.4) is 0 Å². The van der Waals surface area contributed by atoms with Crippen LogP contribution in [0.5, 0.6) is 0 Å². The molecule has 0 bridgehead atoms. The largest absolute Gasteiger partial charge is 0.401 e. The predicted octanol–water partition coefficient (Wildman–Crippen LogP) is 4.11. The van der Waals surface area contributed by atoms with Gasteiger partial charge in [-0.25, -0.2) is 0 Å². The fourth-order valence-electron chi connectivity index (χ4n) is 1.85. The Morgan fingerprint density at radius 1 is 1.28 bits per heavy atom. The summed E-state index contributed by atoms with van der Waals surface area (Å²) in [5.74, 6) is 0.743. The zero-order valence-electron chi connectivity index (χ0n) is 12.5. The van der Waals surface area contributed by atoms with E-state index in [-0.39, 0.29) is 0 Å². The lowest BCUT2D eigenvalue weighted by atomic mass is 10.1. The van der Waals surface area contributed by atoms with Crippen LogP contribution in [-0.2, 0) is 0 Å². The average Bonchev–Trinajstić information content (AvgIpc) is 2.33. The minimum Gasteiger partial charge on any atom is -0.401 e. The Bertz CT molecular complexity index is 234. The summed E-state index contributed by atoms with van der Waals surface area (Å²) >= 11 is 0. The molecule has 18 heavy (non-hydrogen) atoms. The van der Waals surface area contributed by atoms with Gasteiger partial charge in [0.2, 0.25) is 0 Å². The number of hydrogen-bond donors (Lipinski definition) is 1. The molecule has 0 aromatic carbocycles. The first-order valence-corrected chi connectivity index (χ1v) is 7.29. The van der Waals surface area contributed by atoms with Crippen LogP contribution in [-0.4, -0.2) is 18.3 Å². The zero-order valence-corrected chi connectivity index (χ0v) is 12.5. The molecule has 0 aliphatic heterocycles. The minimum absolute atomic E-state index is 0.743. The Labute approximate surface area is 113 Å². The summed E-state index contributed by atoms with van der Waals surface area (Å²) in [5.41, 5.74) is 6.92. The molecular formula is C15H31N3. The van der Waals surface area contributed by atoms with Gasteiger partial charge in [-0.1, -0.05) is 40.0 Å². The van der Waals surface area contributed by atoms with E-state index in [1.165, 1.54) is 32.1 Å². The highest BCUT2D eigenvalue weighted by Gasteiger charge is 2.00. The maximum Gasteiger partial charge on any atom is 0.0419 e. The molecule has 0 aliphatic carbocycles. The Hall–Kier alpha value is -0.990. The second-order valence-electron chi connectivity index (χ2n) is 5.36. The molecule has 0 fully saturated rings. The van der Waals surface area contributed by atoms with Crippen molar-refractivity contribution in [2.75, 3.05) is 6.54 Å². The average molecular weight is 253 g/mol. The van der Waals surface area contributed by atoms with Crippen molar-refractivity contribution in [3.8, 4) is 0 Å². The molecule has 0 spiro atoms. The Morgan fingerprint density at radius 3 is 2.56 bits per heavy atom. The highest BCUT2D eigenvalue weighted by molar-refractivity contribution is 5.23. The van der Waals surface area contributed by atoms with Crippen LogP contribution in [0.15, 0.2) is 17.0 Å². The Balaban J connectivity index is 3.88. The molecule has 0 heterocycles. The van der Waals surface area contributed by atoms with Gasteiger partial charge in [0.05, 0.1) is 0 Å². The lowest BCUT2D eigenvalue weighted by Gasteiger charge is -2.15. The van der Waals surface area contributed by atoms with E-state index < -0.39 is 0 Å². The molecule has 0 rings (SSSR count). The normalized spacial score (nSPS) is 11.9. The van der Waals surface area contributed by atoms with Crippen molar-refractivity contribution in [3.05, 3.63) is 11.9 Å². The van der Waals surface area contributed by atoms with Gasteiger partial charge in [-0.3, -0.25) is 5.01 Å². The van der Waals surface area contributed by atoms with Crippen LogP contribution in [0.2, 0.25) is 0 Å². The first-order valence-electron chi connectivity index (χ1n) is 7.29. The Morgan fingerprint density at radius 2 is 2.00 bits per heavy atom. The number of hydrazone groups is 1. The summed E-state index contributed by atoms with van der Waals surface area (Å²) in [7, 11) is 0. The first-order chi connectivity index (χ1) is 8.60. The second-order valence-corrected chi connectivity index (χ2v) is 5.36. The van der Waals surface area contributed by atoms with Gasteiger partial charge in [-0.15, -0.1) is 0 Å². The van der Waals surface area contributed by atoms with Gasteiger partial charge in [-0.05, 0) is 31.6 Å². The second kappa shape index (κ2) is 11.1. The van der Waals surface area contributed by atoms with Crippen molar-refractivity contribution in [1.29, 1.82) is 0 Å². The fraction of sp³-hybridized carbons (Fsp3) is 0.800. The van der Waals surface area contributed by atoms with Crippen molar-refractivity contribution >= 4 is 6.72 Å².